The molecule has 0 heterocycles. The molecule has 0 unspecified atom stereocenters. The maximum atomic E-state index is 8.11. The van der Waals surface area contributed by atoms with E-state index in [-0.39, 0.29) is 6.61 Å². The van der Waals surface area contributed by atoms with Gasteiger partial charge in [-0.3, -0.25) is 0 Å². The van der Waals surface area contributed by atoms with Crippen LogP contribution in [0.3, 0.4) is 0 Å². The van der Waals surface area contributed by atoms with Crippen LogP contribution in [-0.2, 0) is 0 Å². The van der Waals surface area contributed by atoms with Gasteiger partial charge in [0.2, 0.25) is 0 Å². The van der Waals surface area contributed by atoms with Crippen molar-refractivity contribution in [1.29, 1.82) is 0 Å². The molecule has 0 saturated heterocycles. The van der Waals surface area contributed by atoms with Gasteiger partial charge in [-0.2, -0.15) is 0 Å². The van der Waals surface area contributed by atoms with E-state index in [2.05, 4.69) is 0 Å². The van der Waals surface area contributed by atoms with Crippen LogP contribution in [0.5, 0.6) is 0 Å². The van der Waals surface area contributed by atoms with Gasteiger partial charge in [-0.25, -0.2) is 0 Å². The van der Waals surface area contributed by atoms with Gasteiger partial charge in [0.15, 0.2) is 0 Å². The Labute approximate surface area is 52.5 Å². The average molecular weight is 141 g/mol. The minimum absolute atomic E-state index is 0.00403. The Morgan fingerprint density at radius 1 is 1.57 bits per heavy atom. The lowest BCUT2D eigenvalue weighted by Crippen LogP contribution is -1.77. The van der Waals surface area contributed by atoms with E-state index in [9.17, 15) is 0 Å². The van der Waals surface area contributed by atoms with E-state index in [0.717, 1.165) is 0 Å². The molecule has 0 rings (SSSR count). The molecule has 0 saturated carbocycles. The van der Waals surface area contributed by atoms with Crippen molar-refractivity contribution in [1.82, 2.24) is 0 Å². The fraction of sp³-hybridized carbons (Fsp3) is 0.500. The number of alkyl halides is 2. The zero-order valence-corrected chi connectivity index (χ0v) is 5.15. The van der Waals surface area contributed by atoms with Gasteiger partial charge in [-0.05, 0) is 0 Å². The molecular weight excluding hydrogens is 135 g/mol. The molecule has 0 amide bonds. The lowest BCUT2D eigenvalue weighted by Gasteiger charge is -1.83. The van der Waals surface area contributed by atoms with Crippen molar-refractivity contribution >= 4 is 23.2 Å². The Kier molecular flexibility index (Phi) is 4.62. The number of halogens is 2. The van der Waals surface area contributed by atoms with Gasteiger partial charge >= 0.3 is 0 Å². The second-order valence-electron chi connectivity index (χ2n) is 0.945. The molecular formula is C4H6Cl2O. The van der Waals surface area contributed by atoms with E-state index in [4.69, 9.17) is 28.3 Å². The summed E-state index contributed by atoms with van der Waals surface area (Å²) in [6, 6.07) is 0. The Hall–Kier alpha value is 0.280. The Morgan fingerprint density at radius 2 is 2.14 bits per heavy atom. The van der Waals surface area contributed by atoms with Gasteiger partial charge in [0, 0.05) is 0 Å². The van der Waals surface area contributed by atoms with Crippen molar-refractivity contribution in [2.24, 2.45) is 0 Å². The van der Waals surface area contributed by atoms with Crippen molar-refractivity contribution in [3.05, 3.63) is 12.2 Å². The summed E-state index contributed by atoms with van der Waals surface area (Å²) in [6.07, 6.45) is 2.99. The summed E-state index contributed by atoms with van der Waals surface area (Å²) in [5, 5.41) is 8.11. The van der Waals surface area contributed by atoms with Gasteiger partial charge in [0.05, 0.1) is 6.61 Å². The third kappa shape index (κ3) is 6.28. The molecule has 1 N–H and O–H groups in total. The molecule has 7 heavy (non-hydrogen) atoms. The molecule has 0 bridgehead atoms. The monoisotopic (exact) mass is 140 g/mol. The van der Waals surface area contributed by atoms with Gasteiger partial charge in [-0.1, -0.05) is 12.2 Å². The van der Waals surface area contributed by atoms with E-state index in [0.29, 0.717) is 0 Å². The third-order valence-electron chi connectivity index (χ3n) is 0.387. The predicted molar refractivity (Wildman–Crippen MR) is 31.7 cm³/mol. The maximum absolute atomic E-state index is 8.11. The van der Waals surface area contributed by atoms with Crippen LogP contribution in [-0.4, -0.2) is 16.5 Å². The summed E-state index contributed by atoms with van der Waals surface area (Å²) in [4.78, 5) is -0.493. The van der Waals surface area contributed by atoms with E-state index in [1.807, 2.05) is 0 Å². The molecule has 0 aromatic heterocycles. The Balaban J connectivity index is 3.08. The molecule has 0 aliphatic heterocycles. The summed E-state index contributed by atoms with van der Waals surface area (Å²) in [7, 11) is 0. The molecule has 0 radical (unpaired) electrons. The molecule has 0 aromatic carbocycles. The van der Waals surface area contributed by atoms with Gasteiger partial charge in [0.25, 0.3) is 0 Å². The van der Waals surface area contributed by atoms with Gasteiger partial charge < -0.3 is 5.11 Å². The molecule has 0 aliphatic rings. The SMILES string of the molecule is OCC=CC(Cl)Cl. The number of hydrogen-bond acceptors (Lipinski definition) is 1. The Bertz CT molecular complexity index is 60.7. The first-order valence-electron chi connectivity index (χ1n) is 1.83. The molecule has 0 atom stereocenters. The van der Waals surface area contributed by atoms with Crippen LogP contribution in [0.2, 0.25) is 0 Å². The lowest BCUT2D eigenvalue weighted by atomic mass is 10.6. The fourth-order valence-corrected chi connectivity index (χ4v) is 0.369. The van der Waals surface area contributed by atoms with Crippen LogP contribution in [0.4, 0.5) is 0 Å². The Morgan fingerprint density at radius 3 is 2.29 bits per heavy atom. The first-order chi connectivity index (χ1) is 3.27. The minimum atomic E-state index is -0.493. The summed E-state index contributed by atoms with van der Waals surface area (Å²) in [6.45, 7) is -0.00403. The predicted octanol–water partition coefficient (Wildman–Crippen LogP) is 1.34. The highest BCUT2D eigenvalue weighted by Crippen LogP contribution is 2.01. The molecule has 3 heteroatoms. The molecule has 0 fully saturated rings. The number of rotatable bonds is 2. The highest BCUT2D eigenvalue weighted by atomic mass is 35.5. The zero-order chi connectivity index (χ0) is 5.70. The number of hydrogen-bond donors (Lipinski definition) is 1. The summed E-state index contributed by atoms with van der Waals surface area (Å²) >= 11 is 10.4. The smallest absolute Gasteiger partial charge is 0.126 e. The molecule has 0 aromatic rings. The van der Waals surface area contributed by atoms with Crippen molar-refractivity contribution in [2.45, 2.75) is 4.84 Å². The molecule has 42 valence electrons. The van der Waals surface area contributed by atoms with Crippen LogP contribution in [0, 0.1) is 0 Å². The zero-order valence-electron chi connectivity index (χ0n) is 3.64. The second kappa shape index (κ2) is 4.44. The highest BCUT2D eigenvalue weighted by molar-refractivity contribution is 6.45. The van der Waals surface area contributed by atoms with E-state index >= 15 is 0 Å². The van der Waals surface area contributed by atoms with E-state index < -0.39 is 4.84 Å². The van der Waals surface area contributed by atoms with Crippen LogP contribution in [0.15, 0.2) is 12.2 Å². The number of aliphatic hydroxyl groups is 1. The quantitative estimate of drug-likeness (QED) is 0.454. The summed E-state index contributed by atoms with van der Waals surface area (Å²) in [5.41, 5.74) is 0. The van der Waals surface area contributed by atoms with Crippen molar-refractivity contribution < 1.29 is 5.11 Å². The summed E-state index contributed by atoms with van der Waals surface area (Å²) < 4.78 is 0. The standard InChI is InChI=1S/C4H6Cl2O/c5-4(6)2-1-3-7/h1-2,4,7H,3H2. The van der Waals surface area contributed by atoms with Crippen LogP contribution in [0.1, 0.15) is 0 Å². The van der Waals surface area contributed by atoms with Crippen LogP contribution < -0.4 is 0 Å². The average Bonchev–Trinajstić information content (AvgIpc) is 1.61. The highest BCUT2D eigenvalue weighted by Gasteiger charge is 1.84. The topological polar surface area (TPSA) is 20.2 Å². The molecule has 1 nitrogen and oxygen atoms in total. The number of aliphatic hydroxyl groups excluding tert-OH is 1. The fourth-order valence-electron chi connectivity index (χ4n) is 0.164. The van der Waals surface area contributed by atoms with Crippen molar-refractivity contribution in [2.75, 3.05) is 6.61 Å². The van der Waals surface area contributed by atoms with E-state index in [1.54, 1.807) is 0 Å². The van der Waals surface area contributed by atoms with Crippen LogP contribution in [0.25, 0.3) is 0 Å². The molecule has 0 spiro atoms. The largest absolute Gasteiger partial charge is 0.392 e. The van der Waals surface area contributed by atoms with Crippen molar-refractivity contribution in [3.63, 3.8) is 0 Å². The normalized spacial score (nSPS) is 11.4. The maximum Gasteiger partial charge on any atom is 0.126 e. The first kappa shape index (κ1) is 7.28. The second-order valence-corrected chi connectivity index (χ2v) is 2.11. The molecule has 0 aliphatic carbocycles. The van der Waals surface area contributed by atoms with Crippen molar-refractivity contribution in [3.8, 4) is 0 Å². The van der Waals surface area contributed by atoms with Gasteiger partial charge in [-0.15, -0.1) is 23.2 Å². The minimum Gasteiger partial charge on any atom is -0.392 e. The van der Waals surface area contributed by atoms with E-state index in [1.165, 1.54) is 12.2 Å². The number of allylic oxidation sites excluding steroid dienone is 1. The van der Waals surface area contributed by atoms with Crippen LogP contribution >= 0.6 is 23.2 Å². The third-order valence-corrected chi connectivity index (χ3v) is 0.678. The van der Waals surface area contributed by atoms with Gasteiger partial charge in [0.1, 0.15) is 4.84 Å². The lowest BCUT2D eigenvalue weighted by molar-refractivity contribution is 0.342. The first-order valence-corrected chi connectivity index (χ1v) is 2.70. The summed E-state index contributed by atoms with van der Waals surface area (Å²) in [5.74, 6) is 0.